The zero-order valence-electron chi connectivity index (χ0n) is 14.1. The van der Waals surface area contributed by atoms with Crippen LogP contribution in [0.25, 0.3) is 0 Å². The molecule has 0 saturated heterocycles. The van der Waals surface area contributed by atoms with Crippen LogP contribution in [0.15, 0.2) is 48.5 Å². The van der Waals surface area contributed by atoms with Crippen molar-refractivity contribution in [2.24, 2.45) is 0 Å². The molecule has 0 spiro atoms. The maximum absolute atomic E-state index is 13.9. The summed E-state index contributed by atoms with van der Waals surface area (Å²) in [5.41, 5.74) is 1.17. The van der Waals surface area contributed by atoms with Crippen molar-refractivity contribution in [3.05, 3.63) is 65.5 Å². The molecule has 0 bridgehead atoms. The first kappa shape index (κ1) is 17.9. The van der Waals surface area contributed by atoms with Crippen LogP contribution in [0.2, 0.25) is 0 Å². The van der Waals surface area contributed by atoms with Crippen molar-refractivity contribution in [1.29, 1.82) is 0 Å². The standard InChI is InChI=1S/C19H22FNO3/c1-13(17-9-4-5-10-18(17)20)21(3)19(23)14(2)24-16-8-6-7-15(11-16)12-22/h4-11,13-14,22H,12H2,1-3H3. The lowest BCUT2D eigenvalue weighted by atomic mass is 10.1. The first-order valence-corrected chi connectivity index (χ1v) is 7.81. The Bertz CT molecular complexity index is 705. The van der Waals surface area contributed by atoms with Gasteiger partial charge in [0.05, 0.1) is 12.6 Å². The van der Waals surface area contributed by atoms with Gasteiger partial charge in [-0.2, -0.15) is 0 Å². The Morgan fingerprint density at radius 2 is 1.92 bits per heavy atom. The highest BCUT2D eigenvalue weighted by Crippen LogP contribution is 2.23. The van der Waals surface area contributed by atoms with Gasteiger partial charge in [-0.25, -0.2) is 4.39 Å². The van der Waals surface area contributed by atoms with Crippen molar-refractivity contribution in [3.8, 4) is 5.75 Å². The van der Waals surface area contributed by atoms with Crippen LogP contribution >= 0.6 is 0 Å². The predicted octanol–water partition coefficient (Wildman–Crippen LogP) is 3.30. The van der Waals surface area contributed by atoms with Crippen LogP contribution in [0, 0.1) is 5.82 Å². The molecule has 24 heavy (non-hydrogen) atoms. The van der Waals surface area contributed by atoms with Gasteiger partial charge in [0, 0.05) is 12.6 Å². The number of aliphatic hydroxyl groups excluding tert-OH is 1. The predicted molar refractivity (Wildman–Crippen MR) is 90.0 cm³/mol. The fourth-order valence-electron chi connectivity index (χ4n) is 2.47. The Balaban J connectivity index is 2.07. The average Bonchev–Trinajstić information content (AvgIpc) is 2.60. The molecule has 2 unspecified atom stereocenters. The zero-order chi connectivity index (χ0) is 17.7. The van der Waals surface area contributed by atoms with Crippen LogP contribution in [0.3, 0.4) is 0 Å². The quantitative estimate of drug-likeness (QED) is 0.883. The van der Waals surface area contributed by atoms with Gasteiger partial charge in [-0.1, -0.05) is 30.3 Å². The minimum Gasteiger partial charge on any atom is -0.481 e. The van der Waals surface area contributed by atoms with E-state index in [4.69, 9.17) is 9.84 Å². The van der Waals surface area contributed by atoms with Crippen molar-refractivity contribution in [2.75, 3.05) is 7.05 Å². The summed E-state index contributed by atoms with van der Waals surface area (Å²) >= 11 is 0. The van der Waals surface area contributed by atoms with Gasteiger partial charge < -0.3 is 14.7 Å². The molecule has 2 atom stereocenters. The first-order chi connectivity index (χ1) is 11.4. The second-order valence-electron chi connectivity index (χ2n) is 5.71. The molecule has 0 fully saturated rings. The molecule has 2 rings (SSSR count). The number of hydrogen-bond acceptors (Lipinski definition) is 3. The summed E-state index contributed by atoms with van der Waals surface area (Å²) in [6.45, 7) is 3.33. The average molecular weight is 331 g/mol. The maximum Gasteiger partial charge on any atom is 0.263 e. The zero-order valence-corrected chi connectivity index (χ0v) is 14.1. The van der Waals surface area contributed by atoms with Gasteiger partial charge in [0.25, 0.3) is 5.91 Å². The number of aliphatic hydroxyl groups is 1. The fourth-order valence-corrected chi connectivity index (χ4v) is 2.47. The lowest BCUT2D eigenvalue weighted by Crippen LogP contribution is -2.39. The Labute approximate surface area is 141 Å². The third kappa shape index (κ3) is 4.11. The van der Waals surface area contributed by atoms with Gasteiger partial charge in [-0.15, -0.1) is 0 Å². The van der Waals surface area contributed by atoms with Crippen molar-refractivity contribution >= 4 is 5.91 Å². The minimum atomic E-state index is -0.724. The van der Waals surface area contributed by atoms with E-state index in [2.05, 4.69) is 0 Å². The van der Waals surface area contributed by atoms with Crippen LogP contribution in [0.4, 0.5) is 4.39 Å². The summed E-state index contributed by atoms with van der Waals surface area (Å²) in [5, 5.41) is 9.15. The van der Waals surface area contributed by atoms with Crippen molar-refractivity contribution in [2.45, 2.75) is 32.6 Å². The van der Waals surface area contributed by atoms with Crippen molar-refractivity contribution in [1.82, 2.24) is 4.90 Å². The van der Waals surface area contributed by atoms with E-state index in [1.54, 1.807) is 63.4 Å². The van der Waals surface area contributed by atoms with Crippen LogP contribution in [-0.4, -0.2) is 29.1 Å². The van der Waals surface area contributed by atoms with Crippen LogP contribution in [0.5, 0.6) is 5.75 Å². The molecule has 4 nitrogen and oxygen atoms in total. The largest absolute Gasteiger partial charge is 0.481 e. The monoisotopic (exact) mass is 331 g/mol. The summed E-state index contributed by atoms with van der Waals surface area (Å²) in [6, 6.07) is 12.9. The second-order valence-corrected chi connectivity index (χ2v) is 5.71. The molecule has 1 N–H and O–H groups in total. The number of benzene rings is 2. The molecule has 0 aliphatic heterocycles. The minimum absolute atomic E-state index is 0.0935. The SMILES string of the molecule is CC(Oc1cccc(CO)c1)C(=O)N(C)C(C)c1ccccc1F. The highest BCUT2D eigenvalue weighted by atomic mass is 19.1. The third-order valence-corrected chi connectivity index (χ3v) is 4.03. The first-order valence-electron chi connectivity index (χ1n) is 7.81. The van der Waals surface area contributed by atoms with Gasteiger partial charge >= 0.3 is 0 Å². The van der Waals surface area contributed by atoms with Crippen LogP contribution in [0.1, 0.15) is 31.0 Å². The Kier molecular flexibility index (Phi) is 5.93. The topological polar surface area (TPSA) is 49.8 Å². The highest BCUT2D eigenvalue weighted by molar-refractivity contribution is 5.81. The number of carbonyl (C=O) groups excluding carboxylic acids is 1. The van der Waals surface area contributed by atoms with Crippen LogP contribution in [-0.2, 0) is 11.4 Å². The van der Waals surface area contributed by atoms with Gasteiger partial charge in [0.15, 0.2) is 6.10 Å². The van der Waals surface area contributed by atoms with E-state index in [9.17, 15) is 9.18 Å². The molecule has 2 aromatic rings. The van der Waals surface area contributed by atoms with E-state index in [1.165, 1.54) is 11.0 Å². The summed E-state index contributed by atoms with van der Waals surface area (Å²) in [7, 11) is 1.63. The summed E-state index contributed by atoms with van der Waals surface area (Å²) in [6.07, 6.45) is -0.724. The molecule has 0 aliphatic carbocycles. The number of hydrogen-bond donors (Lipinski definition) is 1. The number of nitrogens with zero attached hydrogens (tertiary/aromatic N) is 1. The normalized spacial score (nSPS) is 13.2. The van der Waals surface area contributed by atoms with E-state index >= 15 is 0 Å². The highest BCUT2D eigenvalue weighted by Gasteiger charge is 2.25. The van der Waals surface area contributed by atoms with Crippen molar-refractivity contribution < 1.29 is 19.0 Å². The fraction of sp³-hybridized carbons (Fsp3) is 0.316. The van der Waals surface area contributed by atoms with Crippen molar-refractivity contribution in [3.63, 3.8) is 0 Å². The summed E-state index contributed by atoms with van der Waals surface area (Å²) in [4.78, 5) is 14.0. The molecule has 0 aliphatic rings. The number of halogens is 1. The lowest BCUT2D eigenvalue weighted by molar-refractivity contribution is -0.138. The molecular formula is C19H22FNO3. The number of amides is 1. The molecule has 0 aromatic heterocycles. The smallest absolute Gasteiger partial charge is 0.263 e. The van der Waals surface area contributed by atoms with Gasteiger partial charge in [0.1, 0.15) is 11.6 Å². The van der Waals surface area contributed by atoms with E-state index in [1.807, 2.05) is 0 Å². The summed E-state index contributed by atoms with van der Waals surface area (Å²) < 4.78 is 19.6. The third-order valence-electron chi connectivity index (χ3n) is 4.03. The van der Waals surface area contributed by atoms with E-state index < -0.39 is 12.1 Å². The Morgan fingerprint density at radius 3 is 2.58 bits per heavy atom. The van der Waals surface area contributed by atoms with Gasteiger partial charge in [-0.3, -0.25) is 4.79 Å². The molecule has 0 saturated carbocycles. The number of rotatable bonds is 6. The molecule has 128 valence electrons. The molecule has 0 heterocycles. The molecule has 0 radical (unpaired) electrons. The van der Waals surface area contributed by atoms with Gasteiger partial charge in [0.2, 0.25) is 0 Å². The van der Waals surface area contributed by atoms with E-state index in [-0.39, 0.29) is 18.3 Å². The Morgan fingerprint density at radius 1 is 1.21 bits per heavy atom. The molecular weight excluding hydrogens is 309 g/mol. The Hall–Kier alpha value is -2.40. The maximum atomic E-state index is 13.9. The van der Waals surface area contributed by atoms with E-state index in [0.717, 1.165) is 0 Å². The van der Waals surface area contributed by atoms with Crippen LogP contribution < -0.4 is 4.74 Å². The second kappa shape index (κ2) is 7.93. The van der Waals surface area contributed by atoms with Gasteiger partial charge in [-0.05, 0) is 37.6 Å². The lowest BCUT2D eigenvalue weighted by Gasteiger charge is -2.28. The number of likely N-dealkylation sites (N-methyl/N-ethyl adjacent to an activating group) is 1. The number of ether oxygens (including phenoxy) is 1. The summed E-state index contributed by atoms with van der Waals surface area (Å²) in [5.74, 6) is -0.0802. The molecule has 1 amide bonds. The molecule has 5 heteroatoms. The number of carbonyl (C=O) groups is 1. The van der Waals surface area contributed by atoms with E-state index in [0.29, 0.717) is 16.9 Å². The molecule has 2 aromatic carbocycles.